The Bertz CT molecular complexity index is 2050. The summed E-state index contributed by atoms with van der Waals surface area (Å²) >= 11 is 12.6. The molecule has 2 aromatic heterocycles. The summed E-state index contributed by atoms with van der Waals surface area (Å²) in [4.78, 5) is 53.4. The van der Waals surface area contributed by atoms with Gasteiger partial charge in [-0.05, 0) is 61.9 Å². The van der Waals surface area contributed by atoms with Crippen LogP contribution in [0.2, 0.25) is 10.0 Å². The van der Waals surface area contributed by atoms with E-state index in [1.54, 1.807) is 19.3 Å². The molecule has 2 fully saturated rings. The molecule has 2 atom stereocenters. The van der Waals surface area contributed by atoms with Crippen molar-refractivity contribution in [2.24, 2.45) is 0 Å². The minimum Gasteiger partial charge on any atom is -0.480 e. The van der Waals surface area contributed by atoms with Gasteiger partial charge in [-0.2, -0.15) is 4.31 Å². The number of rotatable bonds is 9. The largest absolute Gasteiger partial charge is 0.480 e. The van der Waals surface area contributed by atoms with Crippen LogP contribution < -0.4 is 10.2 Å². The highest BCUT2D eigenvalue weighted by atomic mass is 35.5. The standard InChI is InChI=1S/C32H29Cl2N7O6S/c1-31(14-19-4-6-20(7-5-19)21-15-35-18-36-16-21)28(43)40(24-12-22(33)11-23(34)13-24)30-37-17-26(41(30)31)48(46,47)39-10-2-3-25(39)27(42)38-32(8-9-32)29(44)45/h4-7,11-13,15-18,25H,2-3,8-10,14H2,1H3,(H,38,42)(H,44,45)/t25-,31+/m0/s1. The fraction of sp³-hybridized carbons (Fsp3) is 0.312. The summed E-state index contributed by atoms with van der Waals surface area (Å²) in [6.07, 6.45) is 7.22. The molecular weight excluding hydrogens is 681 g/mol. The number of aromatic nitrogens is 4. The van der Waals surface area contributed by atoms with Crippen LogP contribution in [-0.4, -0.2) is 73.3 Å². The van der Waals surface area contributed by atoms with Gasteiger partial charge in [0.05, 0.1) is 11.9 Å². The highest BCUT2D eigenvalue weighted by Gasteiger charge is 2.55. The van der Waals surface area contributed by atoms with Crippen LogP contribution in [0.15, 0.2) is 72.4 Å². The van der Waals surface area contributed by atoms with E-state index in [2.05, 4.69) is 20.3 Å². The molecule has 48 heavy (non-hydrogen) atoms. The molecule has 0 bridgehead atoms. The SMILES string of the molecule is C[C@@]1(Cc2ccc(-c3cncnc3)cc2)C(=O)N(c2cc(Cl)cc(Cl)c2)c2ncc(S(=O)(=O)N3CCC[C@H]3C(=O)NC3(C(=O)O)CC3)n21. The number of halogens is 2. The minimum atomic E-state index is -4.44. The maximum absolute atomic E-state index is 14.5. The second-order valence-electron chi connectivity index (χ2n) is 12.4. The van der Waals surface area contributed by atoms with Gasteiger partial charge in [-0.15, -0.1) is 0 Å². The van der Waals surface area contributed by atoms with Crippen molar-refractivity contribution >= 4 is 62.6 Å². The highest BCUT2D eigenvalue weighted by Crippen LogP contribution is 2.45. The van der Waals surface area contributed by atoms with Crippen molar-refractivity contribution in [3.05, 3.63) is 83.0 Å². The number of anilines is 2. The van der Waals surface area contributed by atoms with Crippen molar-refractivity contribution in [2.45, 2.75) is 61.2 Å². The molecule has 16 heteroatoms. The van der Waals surface area contributed by atoms with Gasteiger partial charge >= 0.3 is 5.97 Å². The summed E-state index contributed by atoms with van der Waals surface area (Å²) in [7, 11) is -4.44. The van der Waals surface area contributed by atoms with Crippen molar-refractivity contribution in [3.63, 3.8) is 0 Å². The van der Waals surface area contributed by atoms with E-state index >= 15 is 0 Å². The maximum Gasteiger partial charge on any atom is 0.329 e. The van der Waals surface area contributed by atoms with Crippen LogP contribution in [0.1, 0.15) is 38.2 Å². The molecule has 1 saturated carbocycles. The number of hydrogen-bond acceptors (Lipinski definition) is 8. The average Bonchev–Trinajstić information content (AvgIpc) is 3.37. The number of hydrogen-bond donors (Lipinski definition) is 2. The van der Waals surface area contributed by atoms with Crippen molar-refractivity contribution in [2.75, 3.05) is 11.4 Å². The number of nitrogens with one attached hydrogen (secondary N) is 1. The number of carboxylic acid groups (broad SMARTS) is 1. The van der Waals surface area contributed by atoms with Crippen LogP contribution >= 0.6 is 23.2 Å². The van der Waals surface area contributed by atoms with E-state index in [-0.39, 0.29) is 53.2 Å². The molecule has 3 aliphatic rings. The van der Waals surface area contributed by atoms with Crippen LogP contribution in [0.3, 0.4) is 0 Å². The summed E-state index contributed by atoms with van der Waals surface area (Å²) < 4.78 is 31.4. The Morgan fingerprint density at radius 1 is 1.02 bits per heavy atom. The third-order valence-electron chi connectivity index (χ3n) is 9.17. The molecule has 1 saturated heterocycles. The van der Waals surface area contributed by atoms with E-state index in [9.17, 15) is 27.9 Å². The Morgan fingerprint density at radius 3 is 2.31 bits per heavy atom. The van der Waals surface area contributed by atoms with Gasteiger partial charge in [0.25, 0.3) is 15.9 Å². The highest BCUT2D eigenvalue weighted by molar-refractivity contribution is 7.89. The second kappa shape index (κ2) is 11.7. The van der Waals surface area contributed by atoms with Crippen LogP contribution in [0.25, 0.3) is 11.1 Å². The fourth-order valence-electron chi connectivity index (χ4n) is 6.52. The van der Waals surface area contributed by atoms with E-state index < -0.39 is 44.9 Å². The summed E-state index contributed by atoms with van der Waals surface area (Å²) in [5, 5.41) is 12.4. The van der Waals surface area contributed by atoms with Gasteiger partial charge in [-0.25, -0.2) is 33.1 Å². The molecule has 0 unspecified atom stereocenters. The molecule has 2 aliphatic heterocycles. The van der Waals surface area contributed by atoms with E-state index in [0.717, 1.165) is 21.0 Å². The molecule has 4 aromatic rings. The van der Waals surface area contributed by atoms with E-state index in [1.165, 1.54) is 40.2 Å². The number of aliphatic carboxylic acids is 1. The van der Waals surface area contributed by atoms with Crippen LogP contribution in [0.5, 0.6) is 0 Å². The number of sulfonamides is 1. The van der Waals surface area contributed by atoms with E-state index in [4.69, 9.17) is 23.2 Å². The number of fused-ring (bicyclic) bond motifs is 1. The molecule has 0 radical (unpaired) electrons. The van der Waals surface area contributed by atoms with Crippen molar-refractivity contribution in [1.29, 1.82) is 0 Å². The quantitative estimate of drug-likeness (QED) is 0.259. The third-order valence-corrected chi connectivity index (χ3v) is 11.5. The molecule has 13 nitrogen and oxygen atoms in total. The summed E-state index contributed by atoms with van der Waals surface area (Å²) in [6.45, 7) is 1.67. The monoisotopic (exact) mass is 709 g/mol. The molecule has 4 heterocycles. The Hall–Kier alpha value is -4.37. The number of carbonyl (C=O) groups is 3. The Balaban J connectivity index is 1.29. The number of amides is 2. The van der Waals surface area contributed by atoms with Gasteiger partial charge in [-0.3, -0.25) is 14.2 Å². The lowest BCUT2D eigenvalue weighted by molar-refractivity contribution is -0.143. The Kier molecular flexibility index (Phi) is 7.81. The lowest BCUT2D eigenvalue weighted by Crippen LogP contribution is -2.52. The average molecular weight is 711 g/mol. The van der Waals surface area contributed by atoms with Crippen LogP contribution in [0.4, 0.5) is 11.6 Å². The molecule has 2 aromatic carbocycles. The zero-order valence-corrected chi connectivity index (χ0v) is 27.8. The summed E-state index contributed by atoms with van der Waals surface area (Å²) in [5.41, 5.74) is -0.167. The minimum absolute atomic E-state index is 0.0317. The molecule has 7 rings (SSSR count). The smallest absolute Gasteiger partial charge is 0.329 e. The first-order valence-corrected chi connectivity index (χ1v) is 17.3. The number of benzene rings is 2. The first-order chi connectivity index (χ1) is 22.8. The first-order valence-electron chi connectivity index (χ1n) is 15.1. The first kappa shape index (κ1) is 32.2. The summed E-state index contributed by atoms with van der Waals surface area (Å²) in [6, 6.07) is 10.9. The predicted octanol–water partition coefficient (Wildman–Crippen LogP) is 4.17. The van der Waals surface area contributed by atoms with Crippen LogP contribution in [-0.2, 0) is 36.4 Å². The van der Waals surface area contributed by atoms with E-state index in [1.807, 2.05) is 24.3 Å². The van der Waals surface area contributed by atoms with Crippen molar-refractivity contribution in [1.82, 2.24) is 29.1 Å². The predicted molar refractivity (Wildman–Crippen MR) is 175 cm³/mol. The van der Waals surface area contributed by atoms with E-state index in [0.29, 0.717) is 12.1 Å². The Labute approximate surface area is 285 Å². The Morgan fingerprint density at radius 2 is 1.69 bits per heavy atom. The normalized spacial score (nSPS) is 21.7. The lowest BCUT2D eigenvalue weighted by Gasteiger charge is -2.29. The van der Waals surface area contributed by atoms with Gasteiger partial charge in [0.1, 0.15) is 23.4 Å². The number of carbonyl (C=O) groups excluding carboxylic acids is 2. The number of nitrogens with zero attached hydrogens (tertiary/aromatic N) is 6. The van der Waals surface area contributed by atoms with Gasteiger partial charge in [0.15, 0.2) is 5.03 Å². The van der Waals surface area contributed by atoms with Gasteiger partial charge in [0.2, 0.25) is 11.9 Å². The molecule has 2 amide bonds. The van der Waals surface area contributed by atoms with Gasteiger partial charge in [0, 0.05) is 41.0 Å². The third kappa shape index (κ3) is 5.32. The zero-order valence-electron chi connectivity index (χ0n) is 25.5. The lowest BCUT2D eigenvalue weighted by atomic mass is 9.91. The fourth-order valence-corrected chi connectivity index (χ4v) is 8.88. The van der Waals surface area contributed by atoms with Crippen molar-refractivity contribution < 1.29 is 27.9 Å². The number of carboxylic acids is 1. The van der Waals surface area contributed by atoms with Crippen molar-refractivity contribution in [3.8, 4) is 11.1 Å². The van der Waals surface area contributed by atoms with Crippen LogP contribution in [0, 0.1) is 0 Å². The number of imidazole rings is 1. The summed E-state index contributed by atoms with van der Waals surface area (Å²) in [5.74, 6) is -2.25. The molecule has 1 aliphatic carbocycles. The molecular formula is C32H29Cl2N7O6S. The van der Waals surface area contributed by atoms with Gasteiger partial charge < -0.3 is 10.4 Å². The molecule has 2 N–H and O–H groups in total. The topological polar surface area (TPSA) is 168 Å². The molecule has 0 spiro atoms. The molecule has 248 valence electrons. The second-order valence-corrected chi connectivity index (χ2v) is 15.1. The maximum atomic E-state index is 14.5. The zero-order chi connectivity index (χ0) is 34.0. The van der Waals surface area contributed by atoms with Gasteiger partial charge in [-0.1, -0.05) is 47.5 Å².